The normalized spacial score (nSPS) is 16.6. The Kier molecular flexibility index (Phi) is 6.46. The lowest BCUT2D eigenvalue weighted by molar-refractivity contribution is -0.137. The number of nitrogens with two attached hydrogens (primary N) is 1. The zero-order valence-electron chi connectivity index (χ0n) is 19.6. The van der Waals surface area contributed by atoms with Gasteiger partial charge >= 0.3 is 12.2 Å². The molecule has 1 saturated heterocycles. The number of nitrogens with zero attached hydrogens (tertiary/aromatic N) is 4. The Morgan fingerprint density at radius 3 is 2.74 bits per heavy atom. The molecule has 1 fully saturated rings. The fraction of sp³-hybridized carbons (Fsp3) is 0.292. The lowest BCUT2D eigenvalue weighted by Crippen LogP contribution is -2.33. The van der Waals surface area contributed by atoms with Crippen molar-refractivity contribution in [3.63, 3.8) is 0 Å². The summed E-state index contributed by atoms with van der Waals surface area (Å²) in [7, 11) is 1.21. The number of aromatic nitrogens is 2. The van der Waals surface area contributed by atoms with Gasteiger partial charge in [-0.2, -0.15) is 28.4 Å². The summed E-state index contributed by atoms with van der Waals surface area (Å²) in [6, 6.07) is 4.03. The molecular formula is C24H18F5N5O3S. The van der Waals surface area contributed by atoms with Gasteiger partial charge in [-0.15, -0.1) is 11.3 Å². The summed E-state index contributed by atoms with van der Waals surface area (Å²) in [5, 5.41) is 19.1. The topological polar surface area (TPSA) is 118 Å². The van der Waals surface area contributed by atoms with E-state index in [1.54, 1.807) is 6.07 Å². The number of fused-ring (bicyclic) bond motifs is 2. The molecule has 3 heterocycles. The molecule has 1 unspecified atom stereocenters. The predicted molar refractivity (Wildman–Crippen MR) is 130 cm³/mol. The number of alkyl halides is 3. The first kappa shape index (κ1) is 25.8. The summed E-state index contributed by atoms with van der Waals surface area (Å²) in [5.41, 5.74) is 2.42. The van der Waals surface area contributed by atoms with Crippen molar-refractivity contribution in [2.75, 3.05) is 44.0 Å². The van der Waals surface area contributed by atoms with Gasteiger partial charge in [0.1, 0.15) is 28.2 Å². The van der Waals surface area contributed by atoms with Crippen molar-refractivity contribution < 1.29 is 36.5 Å². The number of ether oxygens (including phenoxy) is 2. The van der Waals surface area contributed by atoms with Crippen LogP contribution in [-0.4, -0.2) is 54.6 Å². The fourth-order valence-corrected chi connectivity index (χ4v) is 5.45. The van der Waals surface area contributed by atoms with E-state index >= 15 is 4.39 Å². The van der Waals surface area contributed by atoms with Crippen LogP contribution in [0.1, 0.15) is 11.1 Å². The van der Waals surface area contributed by atoms with Crippen LogP contribution in [0.15, 0.2) is 18.2 Å². The highest BCUT2D eigenvalue weighted by atomic mass is 32.1. The molecule has 14 heteroatoms. The second-order valence-corrected chi connectivity index (χ2v) is 9.52. The molecule has 0 spiro atoms. The second-order valence-electron chi connectivity index (χ2n) is 8.47. The van der Waals surface area contributed by atoms with Crippen LogP contribution in [0.4, 0.5) is 32.8 Å². The SMILES string of the molecule is COc1nc(N2CCOCC(O)C2)c2cc(C(F)(F)F)c(-c3ccc(F)c4sc(N)c(C#N)c34)c(F)c2n1. The van der Waals surface area contributed by atoms with E-state index in [0.29, 0.717) is 17.4 Å². The maximum absolute atomic E-state index is 16.3. The number of halogens is 5. The van der Waals surface area contributed by atoms with Crippen LogP contribution < -0.4 is 15.4 Å². The van der Waals surface area contributed by atoms with Crippen LogP contribution in [-0.2, 0) is 10.9 Å². The zero-order valence-corrected chi connectivity index (χ0v) is 20.4. The van der Waals surface area contributed by atoms with E-state index in [4.69, 9.17) is 15.2 Å². The van der Waals surface area contributed by atoms with Crippen LogP contribution in [0.2, 0.25) is 0 Å². The summed E-state index contributed by atoms with van der Waals surface area (Å²) in [5.74, 6) is -2.27. The number of β-amino-alcohol motifs (C(OH)–C–C–N with tert-alkyl or cyclic N) is 1. The van der Waals surface area contributed by atoms with Crippen molar-refractivity contribution >= 4 is 43.1 Å². The van der Waals surface area contributed by atoms with E-state index in [-0.39, 0.29) is 69.7 Å². The minimum absolute atomic E-state index is 0.00846. The third-order valence-electron chi connectivity index (χ3n) is 6.12. The van der Waals surface area contributed by atoms with E-state index in [1.807, 2.05) is 0 Å². The Morgan fingerprint density at radius 2 is 2.05 bits per heavy atom. The van der Waals surface area contributed by atoms with Gasteiger partial charge in [0.25, 0.3) is 0 Å². The Labute approximate surface area is 215 Å². The van der Waals surface area contributed by atoms with Crippen LogP contribution in [0.25, 0.3) is 32.1 Å². The zero-order chi connectivity index (χ0) is 27.4. The number of aliphatic hydroxyl groups excluding tert-OH is 1. The highest BCUT2D eigenvalue weighted by Gasteiger charge is 2.38. The van der Waals surface area contributed by atoms with Gasteiger partial charge in [-0.25, -0.2) is 8.78 Å². The molecule has 4 aromatic rings. The van der Waals surface area contributed by atoms with Gasteiger partial charge in [-0.3, -0.25) is 0 Å². The average Bonchev–Trinajstić information content (AvgIpc) is 3.06. The first-order chi connectivity index (χ1) is 18.0. The summed E-state index contributed by atoms with van der Waals surface area (Å²) in [6.45, 7) is 0.254. The number of methoxy groups -OCH3 is 1. The lowest BCUT2D eigenvalue weighted by atomic mass is 9.92. The number of rotatable bonds is 3. The number of hydrogen-bond acceptors (Lipinski definition) is 9. The van der Waals surface area contributed by atoms with E-state index in [1.165, 1.54) is 12.0 Å². The van der Waals surface area contributed by atoms with Gasteiger partial charge in [0.05, 0.1) is 42.3 Å². The Hall–Kier alpha value is -3.80. The van der Waals surface area contributed by atoms with Crippen LogP contribution in [0.3, 0.4) is 0 Å². The number of thiophene rings is 1. The molecule has 5 rings (SSSR count). The number of benzene rings is 2. The molecule has 1 aliphatic rings. The van der Waals surface area contributed by atoms with Crippen molar-refractivity contribution in [1.29, 1.82) is 5.26 Å². The third kappa shape index (κ3) is 4.22. The maximum Gasteiger partial charge on any atom is 0.417 e. The van der Waals surface area contributed by atoms with Gasteiger partial charge in [0, 0.05) is 29.4 Å². The van der Waals surface area contributed by atoms with Gasteiger partial charge in [0.2, 0.25) is 0 Å². The van der Waals surface area contributed by atoms with Crippen molar-refractivity contribution in [3.8, 4) is 23.2 Å². The van der Waals surface area contributed by atoms with Crippen molar-refractivity contribution in [1.82, 2.24) is 9.97 Å². The van der Waals surface area contributed by atoms with Gasteiger partial charge < -0.3 is 25.2 Å². The number of nitriles is 1. The van der Waals surface area contributed by atoms with E-state index in [0.717, 1.165) is 12.1 Å². The summed E-state index contributed by atoms with van der Waals surface area (Å²) in [6.07, 6.45) is -6.04. The minimum Gasteiger partial charge on any atom is -0.467 e. The molecule has 0 aliphatic carbocycles. The highest BCUT2D eigenvalue weighted by Crippen LogP contribution is 2.48. The quantitative estimate of drug-likeness (QED) is 0.359. The average molecular weight is 551 g/mol. The van der Waals surface area contributed by atoms with Gasteiger partial charge in [0.15, 0.2) is 5.82 Å². The minimum atomic E-state index is -5.07. The van der Waals surface area contributed by atoms with Gasteiger partial charge in [-0.05, 0) is 17.7 Å². The summed E-state index contributed by atoms with van der Waals surface area (Å²) < 4.78 is 84.6. The van der Waals surface area contributed by atoms with E-state index in [9.17, 15) is 27.9 Å². The third-order valence-corrected chi connectivity index (χ3v) is 7.15. The molecule has 2 aromatic carbocycles. The van der Waals surface area contributed by atoms with Crippen LogP contribution in [0.5, 0.6) is 6.01 Å². The molecule has 1 atom stereocenters. The monoisotopic (exact) mass is 551 g/mol. The predicted octanol–water partition coefficient (Wildman–Crippen LogP) is 4.47. The fourth-order valence-electron chi connectivity index (χ4n) is 4.50. The summed E-state index contributed by atoms with van der Waals surface area (Å²) >= 11 is 0.680. The Balaban J connectivity index is 1.90. The lowest BCUT2D eigenvalue weighted by Gasteiger charge is -2.25. The first-order valence-corrected chi connectivity index (χ1v) is 11.9. The molecule has 8 nitrogen and oxygen atoms in total. The molecular weight excluding hydrogens is 533 g/mol. The number of anilines is 2. The largest absolute Gasteiger partial charge is 0.467 e. The molecule has 0 bridgehead atoms. The molecule has 0 saturated carbocycles. The van der Waals surface area contributed by atoms with Crippen molar-refractivity contribution in [2.24, 2.45) is 0 Å². The molecule has 198 valence electrons. The van der Waals surface area contributed by atoms with Crippen molar-refractivity contribution in [3.05, 3.63) is 41.0 Å². The summed E-state index contributed by atoms with van der Waals surface area (Å²) in [4.78, 5) is 9.62. The number of hydrogen-bond donors (Lipinski definition) is 2. The first-order valence-electron chi connectivity index (χ1n) is 11.1. The smallest absolute Gasteiger partial charge is 0.417 e. The second kappa shape index (κ2) is 9.50. The molecule has 3 N–H and O–H groups in total. The Bertz CT molecular complexity index is 1620. The molecule has 1 aliphatic heterocycles. The standard InChI is InChI=1S/C24H18F5N5O3S/c1-36-23-32-19-12(22(33-23)34-4-5-37-9-10(35)8-34)6-14(24(27,28)29)17(18(19)26)11-2-3-15(25)20-16(11)13(7-30)21(31)38-20/h2-3,6,10,35H,4-5,8-9,31H2,1H3. The molecule has 38 heavy (non-hydrogen) atoms. The number of aliphatic hydroxyl groups is 1. The number of nitrogen functional groups attached to an aromatic ring is 1. The molecule has 0 radical (unpaired) electrons. The molecule has 2 aromatic heterocycles. The van der Waals surface area contributed by atoms with Gasteiger partial charge in [-0.1, -0.05) is 6.07 Å². The van der Waals surface area contributed by atoms with Crippen LogP contribution >= 0.6 is 11.3 Å². The van der Waals surface area contributed by atoms with E-state index < -0.39 is 40.6 Å². The highest BCUT2D eigenvalue weighted by molar-refractivity contribution is 7.23. The molecule has 0 amide bonds. The maximum atomic E-state index is 16.3. The van der Waals surface area contributed by atoms with E-state index in [2.05, 4.69) is 9.97 Å². The van der Waals surface area contributed by atoms with Crippen LogP contribution in [0, 0.1) is 23.0 Å². The Morgan fingerprint density at radius 1 is 1.29 bits per heavy atom. The van der Waals surface area contributed by atoms with Crippen molar-refractivity contribution in [2.45, 2.75) is 12.3 Å².